The van der Waals surface area contributed by atoms with Crippen molar-refractivity contribution in [2.24, 2.45) is 0 Å². The molecule has 2 heterocycles. The molecule has 0 amide bonds. The molecule has 0 unspecified atom stereocenters. The standard InChI is InChI=1S/C11H16N4OS/c1-7-6-8-9(13-4-3-5-16-2)14-11(12)15-10(8)17-7/h6H,3-5H2,1-2H3,(H3,12,13,14,15). The van der Waals surface area contributed by atoms with E-state index in [9.17, 15) is 0 Å². The highest BCUT2D eigenvalue weighted by molar-refractivity contribution is 7.18. The zero-order valence-corrected chi connectivity index (χ0v) is 10.8. The molecule has 17 heavy (non-hydrogen) atoms. The molecule has 0 spiro atoms. The molecule has 2 aromatic heterocycles. The largest absolute Gasteiger partial charge is 0.385 e. The number of fused-ring (bicyclic) bond motifs is 1. The summed E-state index contributed by atoms with van der Waals surface area (Å²) in [6, 6.07) is 2.08. The number of anilines is 2. The van der Waals surface area contributed by atoms with Crippen LogP contribution in [0, 0.1) is 6.92 Å². The van der Waals surface area contributed by atoms with Gasteiger partial charge < -0.3 is 15.8 Å². The number of hydrogen-bond donors (Lipinski definition) is 2. The Morgan fingerprint density at radius 1 is 1.47 bits per heavy atom. The van der Waals surface area contributed by atoms with Crippen LogP contribution in [0.1, 0.15) is 11.3 Å². The van der Waals surface area contributed by atoms with Gasteiger partial charge in [-0.3, -0.25) is 0 Å². The summed E-state index contributed by atoms with van der Waals surface area (Å²) in [4.78, 5) is 10.6. The van der Waals surface area contributed by atoms with Crippen LogP contribution in [0.5, 0.6) is 0 Å². The van der Waals surface area contributed by atoms with E-state index in [1.807, 2.05) is 0 Å². The molecule has 0 bridgehead atoms. The van der Waals surface area contributed by atoms with Crippen molar-refractivity contribution < 1.29 is 4.74 Å². The molecule has 0 atom stereocenters. The van der Waals surface area contributed by atoms with Crippen LogP contribution in [-0.4, -0.2) is 30.2 Å². The number of ether oxygens (including phenoxy) is 1. The topological polar surface area (TPSA) is 73.1 Å². The molecule has 2 aromatic rings. The Labute approximate surface area is 104 Å². The van der Waals surface area contributed by atoms with Gasteiger partial charge in [0, 0.05) is 25.1 Å². The fourth-order valence-corrected chi connectivity index (χ4v) is 2.50. The molecule has 0 aliphatic rings. The zero-order valence-electron chi connectivity index (χ0n) is 9.99. The van der Waals surface area contributed by atoms with Gasteiger partial charge in [-0.25, -0.2) is 4.98 Å². The number of rotatable bonds is 5. The molecule has 0 saturated heterocycles. The lowest BCUT2D eigenvalue weighted by Crippen LogP contribution is -2.07. The molecule has 0 radical (unpaired) electrons. The quantitative estimate of drug-likeness (QED) is 0.797. The van der Waals surface area contributed by atoms with Gasteiger partial charge in [0.25, 0.3) is 0 Å². The molecule has 0 aliphatic carbocycles. The minimum absolute atomic E-state index is 0.314. The molecule has 92 valence electrons. The molecule has 0 saturated carbocycles. The number of nitrogen functional groups attached to an aromatic ring is 1. The van der Waals surface area contributed by atoms with Gasteiger partial charge in [0.15, 0.2) is 0 Å². The van der Waals surface area contributed by atoms with E-state index in [1.165, 1.54) is 4.88 Å². The van der Waals surface area contributed by atoms with Crippen molar-refractivity contribution in [2.45, 2.75) is 13.3 Å². The van der Waals surface area contributed by atoms with Gasteiger partial charge >= 0.3 is 0 Å². The average Bonchev–Trinajstić information content (AvgIpc) is 2.64. The van der Waals surface area contributed by atoms with Gasteiger partial charge in [-0.15, -0.1) is 11.3 Å². The molecular weight excluding hydrogens is 236 g/mol. The van der Waals surface area contributed by atoms with Crippen LogP contribution >= 0.6 is 11.3 Å². The third kappa shape index (κ3) is 2.83. The first-order valence-electron chi connectivity index (χ1n) is 5.47. The third-order valence-electron chi connectivity index (χ3n) is 2.35. The summed E-state index contributed by atoms with van der Waals surface area (Å²) in [5.74, 6) is 1.13. The molecule has 0 aromatic carbocycles. The lowest BCUT2D eigenvalue weighted by Gasteiger charge is -2.06. The highest BCUT2D eigenvalue weighted by Crippen LogP contribution is 2.28. The Balaban J connectivity index is 2.19. The fourth-order valence-electron chi connectivity index (χ4n) is 1.62. The average molecular weight is 252 g/mol. The zero-order chi connectivity index (χ0) is 12.3. The van der Waals surface area contributed by atoms with Crippen molar-refractivity contribution in [3.05, 3.63) is 10.9 Å². The van der Waals surface area contributed by atoms with Crippen LogP contribution in [-0.2, 0) is 4.74 Å². The van der Waals surface area contributed by atoms with E-state index in [4.69, 9.17) is 10.5 Å². The Hall–Kier alpha value is -1.40. The summed E-state index contributed by atoms with van der Waals surface area (Å²) in [6.07, 6.45) is 0.936. The predicted molar refractivity (Wildman–Crippen MR) is 71.5 cm³/mol. The van der Waals surface area contributed by atoms with Crippen molar-refractivity contribution >= 4 is 33.3 Å². The first kappa shape index (κ1) is 12.1. The summed E-state index contributed by atoms with van der Waals surface area (Å²) < 4.78 is 5.00. The van der Waals surface area contributed by atoms with Crippen molar-refractivity contribution in [3.8, 4) is 0 Å². The number of hydrogen-bond acceptors (Lipinski definition) is 6. The highest BCUT2D eigenvalue weighted by atomic mass is 32.1. The maximum absolute atomic E-state index is 5.68. The van der Waals surface area contributed by atoms with Crippen molar-refractivity contribution in [1.29, 1.82) is 0 Å². The lowest BCUT2D eigenvalue weighted by atomic mass is 10.3. The smallest absolute Gasteiger partial charge is 0.223 e. The van der Waals surface area contributed by atoms with E-state index in [1.54, 1.807) is 18.4 Å². The maximum atomic E-state index is 5.68. The molecule has 6 heteroatoms. The van der Waals surface area contributed by atoms with Crippen LogP contribution in [0.3, 0.4) is 0 Å². The van der Waals surface area contributed by atoms with Crippen molar-refractivity contribution in [1.82, 2.24) is 9.97 Å². The number of nitrogens with two attached hydrogens (primary N) is 1. The molecule has 3 N–H and O–H groups in total. The summed E-state index contributed by atoms with van der Waals surface area (Å²) in [6.45, 7) is 3.60. The predicted octanol–water partition coefficient (Wildman–Crippen LogP) is 2.03. The number of aromatic nitrogens is 2. The molecule has 0 aliphatic heterocycles. The van der Waals surface area contributed by atoms with E-state index in [-0.39, 0.29) is 0 Å². The molecular formula is C11H16N4OS. The SMILES string of the molecule is COCCCNc1nc(N)nc2sc(C)cc12. The van der Waals surface area contributed by atoms with E-state index in [0.717, 1.165) is 35.6 Å². The molecule has 2 rings (SSSR count). The number of nitrogens with zero attached hydrogens (tertiary/aromatic N) is 2. The van der Waals surface area contributed by atoms with Crippen LogP contribution < -0.4 is 11.1 Å². The number of aryl methyl sites for hydroxylation is 1. The Bertz CT molecular complexity index is 511. The number of thiophene rings is 1. The maximum Gasteiger partial charge on any atom is 0.223 e. The normalized spacial score (nSPS) is 10.9. The number of nitrogens with one attached hydrogen (secondary N) is 1. The monoisotopic (exact) mass is 252 g/mol. The third-order valence-corrected chi connectivity index (χ3v) is 3.30. The summed E-state index contributed by atoms with van der Waals surface area (Å²) in [5.41, 5.74) is 5.68. The van der Waals surface area contributed by atoms with Gasteiger partial charge in [0.05, 0.1) is 5.39 Å². The first-order chi connectivity index (χ1) is 8.20. The van der Waals surface area contributed by atoms with Crippen LogP contribution in [0.2, 0.25) is 0 Å². The Kier molecular flexibility index (Phi) is 3.75. The number of methoxy groups -OCH3 is 1. The summed E-state index contributed by atoms with van der Waals surface area (Å²) in [7, 11) is 1.70. The van der Waals surface area contributed by atoms with Crippen LogP contribution in [0.15, 0.2) is 6.07 Å². The summed E-state index contributed by atoms with van der Waals surface area (Å²) >= 11 is 1.63. The van der Waals surface area contributed by atoms with Crippen LogP contribution in [0.4, 0.5) is 11.8 Å². The second-order valence-corrected chi connectivity index (χ2v) is 5.01. The fraction of sp³-hybridized carbons (Fsp3) is 0.455. The second kappa shape index (κ2) is 5.29. The lowest BCUT2D eigenvalue weighted by molar-refractivity contribution is 0.198. The Morgan fingerprint density at radius 3 is 3.06 bits per heavy atom. The van der Waals surface area contributed by atoms with Gasteiger partial charge in [-0.2, -0.15) is 4.98 Å². The van der Waals surface area contributed by atoms with E-state index in [2.05, 4.69) is 28.3 Å². The van der Waals surface area contributed by atoms with Gasteiger partial charge in [-0.1, -0.05) is 0 Å². The highest BCUT2D eigenvalue weighted by Gasteiger charge is 2.08. The Morgan fingerprint density at radius 2 is 2.29 bits per heavy atom. The van der Waals surface area contributed by atoms with Gasteiger partial charge in [0.1, 0.15) is 10.6 Å². The van der Waals surface area contributed by atoms with Crippen molar-refractivity contribution in [3.63, 3.8) is 0 Å². The molecule has 0 fully saturated rings. The first-order valence-corrected chi connectivity index (χ1v) is 6.29. The van der Waals surface area contributed by atoms with E-state index < -0.39 is 0 Å². The van der Waals surface area contributed by atoms with Gasteiger partial charge in [0.2, 0.25) is 5.95 Å². The van der Waals surface area contributed by atoms with E-state index >= 15 is 0 Å². The van der Waals surface area contributed by atoms with E-state index in [0.29, 0.717) is 5.95 Å². The van der Waals surface area contributed by atoms with Gasteiger partial charge in [-0.05, 0) is 19.4 Å². The van der Waals surface area contributed by atoms with Crippen molar-refractivity contribution in [2.75, 3.05) is 31.3 Å². The summed E-state index contributed by atoms with van der Waals surface area (Å²) in [5, 5.41) is 4.31. The molecule has 5 nitrogen and oxygen atoms in total. The second-order valence-electron chi connectivity index (χ2n) is 3.78. The van der Waals surface area contributed by atoms with Crippen LogP contribution in [0.25, 0.3) is 10.2 Å². The minimum Gasteiger partial charge on any atom is -0.385 e. The minimum atomic E-state index is 0.314.